The Morgan fingerprint density at radius 1 is 1.25 bits per heavy atom. The standard InChI is InChI=1S/C22H29N3O2S/c1-15(2)10-11-25(14-22(3,4)27)12-18-23-20(26)19-17(13-28-21(19)24-18)16-8-6-5-7-9-16/h5-9,13,15,27H,10-12,14H2,1-4H3,(H,23,24,26). The first-order valence-electron chi connectivity index (χ1n) is 9.73. The molecule has 2 aromatic heterocycles. The van der Waals surface area contributed by atoms with Crippen LogP contribution in [0.5, 0.6) is 0 Å². The molecule has 0 amide bonds. The number of H-pyrrole nitrogens is 1. The lowest BCUT2D eigenvalue weighted by Gasteiger charge is -2.29. The van der Waals surface area contributed by atoms with E-state index in [-0.39, 0.29) is 5.56 Å². The molecule has 3 rings (SSSR count). The Morgan fingerprint density at radius 3 is 2.61 bits per heavy atom. The Morgan fingerprint density at radius 2 is 1.96 bits per heavy atom. The molecule has 2 heterocycles. The molecule has 2 N–H and O–H groups in total. The third kappa shape index (κ3) is 5.28. The second-order valence-corrected chi connectivity index (χ2v) is 9.27. The number of aromatic amines is 1. The Labute approximate surface area is 170 Å². The Kier molecular flexibility index (Phi) is 6.33. The van der Waals surface area contributed by atoms with E-state index in [1.165, 1.54) is 11.3 Å². The number of aliphatic hydroxyl groups is 1. The fraction of sp³-hybridized carbons (Fsp3) is 0.455. The Balaban J connectivity index is 1.89. The maximum atomic E-state index is 12.8. The van der Waals surface area contributed by atoms with Crippen molar-refractivity contribution in [3.63, 3.8) is 0 Å². The number of fused-ring (bicyclic) bond motifs is 1. The van der Waals surface area contributed by atoms with Crippen molar-refractivity contribution in [2.24, 2.45) is 5.92 Å². The zero-order chi connectivity index (χ0) is 20.3. The molecule has 0 bridgehead atoms. The smallest absolute Gasteiger partial charge is 0.260 e. The van der Waals surface area contributed by atoms with Gasteiger partial charge < -0.3 is 10.1 Å². The number of thiophene rings is 1. The van der Waals surface area contributed by atoms with Gasteiger partial charge >= 0.3 is 0 Å². The van der Waals surface area contributed by atoms with Crippen LogP contribution in [0.1, 0.15) is 39.9 Å². The van der Waals surface area contributed by atoms with Gasteiger partial charge in [-0.25, -0.2) is 4.98 Å². The molecule has 0 unspecified atom stereocenters. The van der Waals surface area contributed by atoms with Crippen LogP contribution in [0.3, 0.4) is 0 Å². The van der Waals surface area contributed by atoms with E-state index in [0.717, 1.165) is 28.9 Å². The van der Waals surface area contributed by atoms with E-state index in [9.17, 15) is 9.90 Å². The summed E-state index contributed by atoms with van der Waals surface area (Å²) in [6, 6.07) is 9.92. The van der Waals surface area contributed by atoms with Crippen LogP contribution in [0.4, 0.5) is 0 Å². The van der Waals surface area contributed by atoms with Gasteiger partial charge in [-0.1, -0.05) is 44.2 Å². The average Bonchev–Trinajstić information content (AvgIpc) is 3.03. The highest BCUT2D eigenvalue weighted by Crippen LogP contribution is 2.30. The number of aromatic nitrogens is 2. The highest BCUT2D eigenvalue weighted by atomic mass is 32.1. The maximum Gasteiger partial charge on any atom is 0.260 e. The molecule has 0 fully saturated rings. The van der Waals surface area contributed by atoms with Crippen molar-refractivity contribution < 1.29 is 5.11 Å². The number of benzene rings is 1. The van der Waals surface area contributed by atoms with E-state index in [2.05, 4.69) is 23.7 Å². The van der Waals surface area contributed by atoms with Crippen molar-refractivity contribution in [3.8, 4) is 11.1 Å². The molecule has 5 nitrogen and oxygen atoms in total. The molecular formula is C22H29N3O2S. The van der Waals surface area contributed by atoms with Crippen LogP contribution in [0, 0.1) is 5.92 Å². The van der Waals surface area contributed by atoms with Crippen LogP contribution >= 0.6 is 11.3 Å². The largest absolute Gasteiger partial charge is 0.389 e. The van der Waals surface area contributed by atoms with Crippen molar-refractivity contribution in [2.75, 3.05) is 13.1 Å². The molecule has 0 saturated heterocycles. The summed E-state index contributed by atoms with van der Waals surface area (Å²) >= 11 is 1.50. The minimum atomic E-state index is -0.801. The van der Waals surface area contributed by atoms with E-state index in [1.807, 2.05) is 35.7 Å². The lowest BCUT2D eigenvalue weighted by Crippen LogP contribution is -2.39. The molecular weight excluding hydrogens is 370 g/mol. The van der Waals surface area contributed by atoms with Gasteiger partial charge in [0.2, 0.25) is 0 Å². The molecule has 0 aliphatic rings. The molecule has 0 radical (unpaired) electrons. The number of rotatable bonds is 8. The molecule has 28 heavy (non-hydrogen) atoms. The second-order valence-electron chi connectivity index (χ2n) is 8.41. The van der Waals surface area contributed by atoms with E-state index in [1.54, 1.807) is 13.8 Å². The van der Waals surface area contributed by atoms with Gasteiger partial charge in [-0.3, -0.25) is 9.69 Å². The normalized spacial score (nSPS) is 12.4. The van der Waals surface area contributed by atoms with E-state index >= 15 is 0 Å². The topological polar surface area (TPSA) is 69.2 Å². The summed E-state index contributed by atoms with van der Waals surface area (Å²) in [6.07, 6.45) is 1.03. The lowest BCUT2D eigenvalue weighted by molar-refractivity contribution is 0.0312. The van der Waals surface area contributed by atoms with E-state index in [0.29, 0.717) is 30.2 Å². The minimum absolute atomic E-state index is 0.104. The summed E-state index contributed by atoms with van der Waals surface area (Å²) in [4.78, 5) is 23.4. The molecule has 0 aliphatic carbocycles. The first-order chi connectivity index (χ1) is 13.2. The van der Waals surface area contributed by atoms with E-state index < -0.39 is 5.60 Å². The third-order valence-electron chi connectivity index (χ3n) is 4.58. The van der Waals surface area contributed by atoms with Crippen LogP contribution in [-0.2, 0) is 6.54 Å². The molecule has 3 aromatic rings. The van der Waals surface area contributed by atoms with Crippen molar-refractivity contribution in [1.29, 1.82) is 0 Å². The fourth-order valence-corrected chi connectivity index (χ4v) is 4.28. The molecule has 0 atom stereocenters. The van der Waals surface area contributed by atoms with Crippen molar-refractivity contribution in [2.45, 2.75) is 46.3 Å². The molecule has 1 aromatic carbocycles. The fourth-order valence-electron chi connectivity index (χ4n) is 3.31. The first kappa shape index (κ1) is 20.7. The van der Waals surface area contributed by atoms with Gasteiger partial charge in [-0.15, -0.1) is 11.3 Å². The van der Waals surface area contributed by atoms with Gasteiger partial charge in [0, 0.05) is 17.5 Å². The summed E-state index contributed by atoms with van der Waals surface area (Å²) in [6.45, 7) is 9.88. The first-order valence-corrected chi connectivity index (χ1v) is 10.6. The van der Waals surface area contributed by atoms with Crippen LogP contribution < -0.4 is 5.56 Å². The summed E-state index contributed by atoms with van der Waals surface area (Å²) in [5.74, 6) is 1.22. The van der Waals surface area contributed by atoms with Crippen LogP contribution in [0.15, 0.2) is 40.5 Å². The predicted molar refractivity (Wildman–Crippen MR) is 117 cm³/mol. The van der Waals surface area contributed by atoms with Gasteiger partial charge in [0.05, 0.1) is 17.5 Å². The average molecular weight is 400 g/mol. The SMILES string of the molecule is CC(C)CCN(Cc1nc2scc(-c3ccccc3)c2c(=O)[nH]1)CC(C)(C)O. The number of nitrogens with zero attached hydrogens (tertiary/aromatic N) is 2. The van der Waals surface area contributed by atoms with Crippen molar-refractivity contribution >= 4 is 21.6 Å². The third-order valence-corrected chi connectivity index (χ3v) is 5.46. The summed E-state index contributed by atoms with van der Waals surface area (Å²) < 4.78 is 0. The molecule has 0 spiro atoms. The van der Waals surface area contributed by atoms with E-state index in [4.69, 9.17) is 4.98 Å². The van der Waals surface area contributed by atoms with Gasteiger partial charge in [0.1, 0.15) is 10.7 Å². The van der Waals surface area contributed by atoms with Gasteiger partial charge in [-0.2, -0.15) is 0 Å². The maximum absolute atomic E-state index is 12.8. The minimum Gasteiger partial charge on any atom is -0.389 e. The molecule has 150 valence electrons. The Hall–Kier alpha value is -2.02. The lowest BCUT2D eigenvalue weighted by atomic mass is 10.1. The Bertz CT molecular complexity index is 971. The monoisotopic (exact) mass is 399 g/mol. The highest BCUT2D eigenvalue weighted by molar-refractivity contribution is 7.17. The molecule has 0 aliphatic heterocycles. The predicted octanol–water partition coefficient (Wildman–Crippen LogP) is 4.27. The summed E-state index contributed by atoms with van der Waals surface area (Å²) in [5.41, 5.74) is 1.04. The zero-order valence-corrected chi connectivity index (χ0v) is 17.8. The molecule has 6 heteroatoms. The van der Waals surface area contributed by atoms with Crippen LogP contribution in [-0.4, -0.2) is 38.7 Å². The quantitative estimate of drug-likeness (QED) is 0.593. The zero-order valence-electron chi connectivity index (χ0n) is 17.0. The summed E-state index contributed by atoms with van der Waals surface area (Å²) in [5, 5.41) is 12.9. The highest BCUT2D eigenvalue weighted by Gasteiger charge is 2.20. The summed E-state index contributed by atoms with van der Waals surface area (Å²) in [7, 11) is 0. The molecule has 0 saturated carbocycles. The van der Waals surface area contributed by atoms with Gasteiger partial charge in [0.15, 0.2) is 0 Å². The second kappa shape index (κ2) is 8.55. The van der Waals surface area contributed by atoms with Gasteiger partial charge in [0.25, 0.3) is 5.56 Å². The van der Waals surface area contributed by atoms with Crippen molar-refractivity contribution in [1.82, 2.24) is 14.9 Å². The number of nitrogens with one attached hydrogen (secondary N) is 1. The van der Waals surface area contributed by atoms with Crippen molar-refractivity contribution in [3.05, 3.63) is 51.9 Å². The number of hydrogen-bond donors (Lipinski definition) is 2. The van der Waals surface area contributed by atoms with Crippen LogP contribution in [0.25, 0.3) is 21.3 Å². The number of hydrogen-bond acceptors (Lipinski definition) is 5. The van der Waals surface area contributed by atoms with Gasteiger partial charge in [-0.05, 0) is 38.3 Å². The van der Waals surface area contributed by atoms with Crippen LogP contribution in [0.2, 0.25) is 0 Å².